The van der Waals surface area contributed by atoms with Crippen molar-refractivity contribution in [3.8, 4) is 0 Å². The maximum Gasteiger partial charge on any atom is 0.416 e. The topological polar surface area (TPSA) is 12.0 Å². The summed E-state index contributed by atoms with van der Waals surface area (Å²) in [5.74, 6) is 0. The van der Waals surface area contributed by atoms with Gasteiger partial charge in [-0.2, -0.15) is 13.2 Å². The summed E-state index contributed by atoms with van der Waals surface area (Å²) in [5, 5.41) is 0. The highest BCUT2D eigenvalue weighted by molar-refractivity contribution is 14.1. The van der Waals surface area contributed by atoms with Crippen molar-refractivity contribution >= 4 is 28.6 Å². The Balaban J connectivity index is 2.93. The molecule has 0 aliphatic heterocycles. The quantitative estimate of drug-likeness (QED) is 0.616. The molecule has 12 heavy (non-hydrogen) atoms. The molecular weight excluding hydrogens is 282 g/mol. The Hall–Kier alpha value is -0.460. The molecule has 1 aromatic rings. The van der Waals surface area contributed by atoms with E-state index in [0.29, 0.717) is 5.69 Å². The number of halogens is 4. The number of hydrogen-bond donors (Lipinski definition) is 1. The van der Waals surface area contributed by atoms with Crippen LogP contribution in [0.2, 0.25) is 0 Å². The van der Waals surface area contributed by atoms with E-state index in [-0.39, 0.29) is 0 Å². The van der Waals surface area contributed by atoms with Crippen molar-refractivity contribution in [2.75, 3.05) is 3.53 Å². The standard InChI is InChI=1S/C7H5F3IN/c8-7(9,10)5-1-3-6(12-11)4-2-5/h1-4,12H. The highest BCUT2D eigenvalue weighted by Crippen LogP contribution is 2.29. The van der Waals surface area contributed by atoms with Crippen molar-refractivity contribution in [3.05, 3.63) is 29.8 Å². The van der Waals surface area contributed by atoms with Gasteiger partial charge in [-0.25, -0.2) is 0 Å². The van der Waals surface area contributed by atoms with Crippen LogP contribution in [0.1, 0.15) is 5.56 Å². The van der Waals surface area contributed by atoms with Crippen LogP contribution in [0, 0.1) is 0 Å². The number of anilines is 1. The summed E-state index contributed by atoms with van der Waals surface area (Å²) >= 11 is 1.85. The predicted molar refractivity (Wildman–Crippen MR) is 49.1 cm³/mol. The lowest BCUT2D eigenvalue weighted by Gasteiger charge is -2.06. The summed E-state index contributed by atoms with van der Waals surface area (Å²) in [5.41, 5.74) is 0.0292. The summed E-state index contributed by atoms with van der Waals surface area (Å²) in [7, 11) is 0. The fourth-order valence-electron chi connectivity index (χ4n) is 0.722. The molecule has 66 valence electrons. The lowest BCUT2D eigenvalue weighted by Crippen LogP contribution is -2.03. The van der Waals surface area contributed by atoms with E-state index in [1.54, 1.807) is 0 Å². The minimum absolute atomic E-state index is 0.627. The molecule has 1 N–H and O–H groups in total. The smallest absolute Gasteiger partial charge is 0.328 e. The average molecular weight is 287 g/mol. The van der Waals surface area contributed by atoms with E-state index < -0.39 is 11.7 Å². The van der Waals surface area contributed by atoms with Crippen LogP contribution >= 0.6 is 22.9 Å². The maximum atomic E-state index is 12.0. The highest BCUT2D eigenvalue weighted by atomic mass is 127. The number of hydrogen-bond acceptors (Lipinski definition) is 1. The first kappa shape index (κ1) is 9.63. The summed E-state index contributed by atoms with van der Waals surface area (Å²) in [6.07, 6.45) is -4.25. The van der Waals surface area contributed by atoms with Crippen LogP contribution in [0.25, 0.3) is 0 Å². The molecule has 1 aromatic carbocycles. The van der Waals surface area contributed by atoms with Gasteiger partial charge in [0.1, 0.15) is 0 Å². The molecule has 0 aromatic heterocycles. The Morgan fingerprint density at radius 3 is 1.92 bits per heavy atom. The van der Waals surface area contributed by atoms with Crippen LogP contribution in [-0.4, -0.2) is 0 Å². The fourth-order valence-corrected chi connectivity index (χ4v) is 1.08. The van der Waals surface area contributed by atoms with Crippen LogP contribution < -0.4 is 3.53 Å². The molecule has 0 atom stereocenters. The third kappa shape index (κ3) is 2.26. The van der Waals surface area contributed by atoms with E-state index >= 15 is 0 Å². The second kappa shape index (κ2) is 3.51. The maximum absolute atomic E-state index is 12.0. The highest BCUT2D eigenvalue weighted by Gasteiger charge is 2.29. The molecule has 5 heteroatoms. The Kier molecular flexibility index (Phi) is 2.81. The first-order chi connectivity index (χ1) is 5.54. The Labute approximate surface area is 81.5 Å². The van der Waals surface area contributed by atoms with E-state index in [4.69, 9.17) is 0 Å². The van der Waals surface area contributed by atoms with Gasteiger partial charge in [0.05, 0.1) is 28.4 Å². The average Bonchev–Trinajstić information content (AvgIpc) is 2.03. The zero-order valence-electron chi connectivity index (χ0n) is 5.82. The number of rotatable bonds is 1. The molecule has 0 aliphatic rings. The number of alkyl halides is 3. The second-order valence-corrected chi connectivity index (χ2v) is 2.71. The second-order valence-electron chi connectivity index (χ2n) is 2.17. The normalized spacial score (nSPS) is 11.3. The van der Waals surface area contributed by atoms with E-state index in [1.807, 2.05) is 22.9 Å². The van der Waals surface area contributed by atoms with Gasteiger partial charge in [-0.3, -0.25) is 0 Å². The molecule has 0 fully saturated rings. The Morgan fingerprint density at radius 2 is 1.58 bits per heavy atom. The minimum atomic E-state index is -4.25. The third-order valence-electron chi connectivity index (χ3n) is 1.32. The minimum Gasteiger partial charge on any atom is -0.328 e. The third-order valence-corrected chi connectivity index (χ3v) is 1.94. The molecular formula is C7H5F3IN. The van der Waals surface area contributed by atoms with Crippen LogP contribution in [0.3, 0.4) is 0 Å². The SMILES string of the molecule is FC(F)(F)c1ccc(NI)cc1. The van der Waals surface area contributed by atoms with Gasteiger partial charge in [0.2, 0.25) is 0 Å². The summed E-state index contributed by atoms with van der Waals surface area (Å²) in [6, 6.07) is 4.85. The van der Waals surface area contributed by atoms with Gasteiger partial charge >= 0.3 is 6.18 Å². The van der Waals surface area contributed by atoms with E-state index in [9.17, 15) is 13.2 Å². The van der Waals surface area contributed by atoms with Gasteiger partial charge in [-0.1, -0.05) is 0 Å². The van der Waals surface area contributed by atoms with Gasteiger partial charge in [0, 0.05) is 5.69 Å². The van der Waals surface area contributed by atoms with Crippen LogP contribution in [-0.2, 0) is 6.18 Å². The summed E-state index contributed by atoms with van der Waals surface area (Å²) < 4.78 is 38.7. The first-order valence-corrected chi connectivity index (χ1v) is 4.16. The Morgan fingerprint density at radius 1 is 1.08 bits per heavy atom. The zero-order chi connectivity index (χ0) is 9.19. The van der Waals surface area contributed by atoms with Crippen LogP contribution in [0.15, 0.2) is 24.3 Å². The molecule has 0 spiro atoms. The van der Waals surface area contributed by atoms with Gasteiger partial charge in [0.15, 0.2) is 0 Å². The molecule has 0 heterocycles. The first-order valence-electron chi connectivity index (χ1n) is 3.08. The van der Waals surface area contributed by atoms with E-state index in [2.05, 4.69) is 3.53 Å². The molecule has 0 aliphatic carbocycles. The fraction of sp³-hybridized carbons (Fsp3) is 0.143. The number of nitrogens with one attached hydrogen (secondary N) is 1. The predicted octanol–water partition coefficient (Wildman–Crippen LogP) is 3.47. The molecule has 0 bridgehead atoms. The van der Waals surface area contributed by atoms with Gasteiger partial charge in [-0.05, 0) is 24.3 Å². The van der Waals surface area contributed by atoms with Crippen LogP contribution in [0.5, 0.6) is 0 Å². The molecule has 0 saturated heterocycles. The van der Waals surface area contributed by atoms with Crippen molar-refractivity contribution in [2.45, 2.75) is 6.18 Å². The molecule has 1 nitrogen and oxygen atoms in total. The molecule has 0 unspecified atom stereocenters. The van der Waals surface area contributed by atoms with E-state index in [1.165, 1.54) is 12.1 Å². The lowest BCUT2D eigenvalue weighted by atomic mass is 10.2. The van der Waals surface area contributed by atoms with Crippen molar-refractivity contribution in [3.63, 3.8) is 0 Å². The Bertz CT molecular complexity index is 254. The van der Waals surface area contributed by atoms with Crippen molar-refractivity contribution in [1.29, 1.82) is 0 Å². The van der Waals surface area contributed by atoms with Crippen LogP contribution in [0.4, 0.5) is 18.9 Å². The molecule has 0 saturated carbocycles. The zero-order valence-corrected chi connectivity index (χ0v) is 7.98. The van der Waals surface area contributed by atoms with Gasteiger partial charge in [-0.15, -0.1) is 0 Å². The molecule has 0 amide bonds. The number of benzene rings is 1. The molecule has 0 radical (unpaired) electrons. The largest absolute Gasteiger partial charge is 0.416 e. The summed E-state index contributed by atoms with van der Waals surface area (Å²) in [4.78, 5) is 0. The van der Waals surface area contributed by atoms with E-state index in [0.717, 1.165) is 12.1 Å². The van der Waals surface area contributed by atoms with Gasteiger partial charge in [0.25, 0.3) is 0 Å². The lowest BCUT2D eigenvalue weighted by molar-refractivity contribution is -0.137. The molecule has 1 rings (SSSR count). The van der Waals surface area contributed by atoms with Crippen molar-refractivity contribution < 1.29 is 13.2 Å². The van der Waals surface area contributed by atoms with Gasteiger partial charge < -0.3 is 3.53 Å². The van der Waals surface area contributed by atoms with Crippen molar-refractivity contribution in [1.82, 2.24) is 0 Å². The van der Waals surface area contributed by atoms with Crippen molar-refractivity contribution in [2.24, 2.45) is 0 Å². The monoisotopic (exact) mass is 287 g/mol. The summed E-state index contributed by atoms with van der Waals surface area (Å²) in [6.45, 7) is 0.